The molecule has 0 saturated carbocycles. The molecule has 0 aliphatic rings. The average Bonchev–Trinajstić information content (AvgIpc) is 2.72. The van der Waals surface area contributed by atoms with Crippen LogP contribution >= 0.6 is 0 Å². The molecule has 0 bridgehead atoms. The van der Waals surface area contributed by atoms with Crippen molar-refractivity contribution < 1.29 is 9.59 Å². The highest BCUT2D eigenvalue weighted by molar-refractivity contribution is 5.98. The Bertz CT molecular complexity index is 896. The van der Waals surface area contributed by atoms with Gasteiger partial charge in [0.2, 0.25) is 5.91 Å². The summed E-state index contributed by atoms with van der Waals surface area (Å²) in [6.07, 6.45) is 0. The fraction of sp³-hybridized carbons (Fsp3) is 0.0909. The lowest BCUT2D eigenvalue weighted by molar-refractivity contribution is -0.114. The topological polar surface area (TPSA) is 70.2 Å². The van der Waals surface area contributed by atoms with E-state index in [1.165, 1.54) is 0 Å². The van der Waals surface area contributed by atoms with Crippen LogP contribution < -0.4 is 16.0 Å². The second-order valence-electron chi connectivity index (χ2n) is 6.02. The lowest BCUT2D eigenvalue weighted by Crippen LogP contribution is -2.24. The standard InChI is InChI=1S/C22H21N3O2/c26-21(16-23-19-11-5-2-6-12-19)25-20-13-7-10-18(14-20)22(27)24-15-17-8-3-1-4-9-17/h1-14,23H,15-16H2,(H,24,27)(H,25,26). The summed E-state index contributed by atoms with van der Waals surface area (Å²) in [6.45, 7) is 0.603. The van der Waals surface area contributed by atoms with Crippen LogP contribution in [0, 0.1) is 0 Å². The Morgan fingerprint density at radius 1 is 0.741 bits per heavy atom. The van der Waals surface area contributed by atoms with E-state index in [9.17, 15) is 9.59 Å². The highest BCUT2D eigenvalue weighted by Crippen LogP contribution is 2.11. The van der Waals surface area contributed by atoms with Crippen LogP contribution in [0.15, 0.2) is 84.9 Å². The molecule has 0 fully saturated rings. The molecule has 27 heavy (non-hydrogen) atoms. The fourth-order valence-electron chi connectivity index (χ4n) is 2.56. The van der Waals surface area contributed by atoms with Gasteiger partial charge in [-0.1, -0.05) is 54.6 Å². The number of benzene rings is 3. The summed E-state index contributed by atoms with van der Waals surface area (Å²) in [5.74, 6) is -0.363. The van der Waals surface area contributed by atoms with Gasteiger partial charge in [-0.25, -0.2) is 0 Å². The van der Waals surface area contributed by atoms with E-state index >= 15 is 0 Å². The van der Waals surface area contributed by atoms with E-state index in [-0.39, 0.29) is 18.4 Å². The van der Waals surface area contributed by atoms with E-state index in [1.54, 1.807) is 24.3 Å². The van der Waals surface area contributed by atoms with Gasteiger partial charge in [0.1, 0.15) is 0 Å². The van der Waals surface area contributed by atoms with Gasteiger partial charge in [0.25, 0.3) is 5.91 Å². The summed E-state index contributed by atoms with van der Waals surface area (Å²) in [6, 6.07) is 26.1. The molecule has 3 aromatic carbocycles. The van der Waals surface area contributed by atoms with Crippen molar-refractivity contribution in [1.29, 1.82) is 0 Å². The zero-order chi connectivity index (χ0) is 18.9. The first-order valence-corrected chi connectivity index (χ1v) is 8.72. The molecule has 5 nitrogen and oxygen atoms in total. The van der Waals surface area contributed by atoms with Gasteiger partial charge in [-0.15, -0.1) is 0 Å². The van der Waals surface area contributed by atoms with E-state index in [2.05, 4.69) is 16.0 Å². The number of carbonyl (C=O) groups excluding carboxylic acids is 2. The highest BCUT2D eigenvalue weighted by Gasteiger charge is 2.08. The van der Waals surface area contributed by atoms with Gasteiger partial charge in [0.05, 0.1) is 6.54 Å². The van der Waals surface area contributed by atoms with E-state index in [1.807, 2.05) is 60.7 Å². The van der Waals surface area contributed by atoms with Gasteiger partial charge in [0, 0.05) is 23.5 Å². The quantitative estimate of drug-likeness (QED) is 0.603. The summed E-state index contributed by atoms with van der Waals surface area (Å²) in [5, 5.41) is 8.73. The van der Waals surface area contributed by atoms with E-state index in [0.717, 1.165) is 11.3 Å². The number of hydrogen-bond acceptors (Lipinski definition) is 3. The number of amides is 2. The number of hydrogen-bond donors (Lipinski definition) is 3. The second kappa shape index (κ2) is 9.20. The summed E-state index contributed by atoms with van der Waals surface area (Å²) >= 11 is 0. The van der Waals surface area contributed by atoms with Crippen LogP contribution in [0.4, 0.5) is 11.4 Å². The summed E-state index contributed by atoms with van der Waals surface area (Å²) in [5.41, 5.74) is 2.99. The van der Waals surface area contributed by atoms with Crippen molar-refractivity contribution in [2.45, 2.75) is 6.54 Å². The normalized spacial score (nSPS) is 10.1. The molecule has 0 aliphatic carbocycles. The third kappa shape index (κ3) is 5.71. The lowest BCUT2D eigenvalue weighted by atomic mass is 10.1. The van der Waals surface area contributed by atoms with Crippen LogP contribution in [-0.2, 0) is 11.3 Å². The zero-order valence-corrected chi connectivity index (χ0v) is 14.8. The first-order chi connectivity index (χ1) is 13.2. The van der Waals surface area contributed by atoms with Crippen molar-refractivity contribution in [2.24, 2.45) is 0 Å². The molecule has 0 heterocycles. The minimum atomic E-state index is -0.183. The molecule has 0 atom stereocenters. The van der Waals surface area contributed by atoms with Gasteiger partial charge in [-0.2, -0.15) is 0 Å². The molecule has 3 rings (SSSR count). The average molecular weight is 359 g/mol. The van der Waals surface area contributed by atoms with Crippen molar-refractivity contribution >= 4 is 23.2 Å². The molecule has 0 aliphatic heterocycles. The van der Waals surface area contributed by atoms with Crippen LogP contribution in [0.25, 0.3) is 0 Å². The summed E-state index contributed by atoms with van der Waals surface area (Å²) < 4.78 is 0. The Balaban J connectivity index is 1.53. The Kier molecular flexibility index (Phi) is 6.20. The fourth-order valence-corrected chi connectivity index (χ4v) is 2.56. The monoisotopic (exact) mass is 359 g/mol. The molecule has 3 N–H and O–H groups in total. The molecular formula is C22H21N3O2. The van der Waals surface area contributed by atoms with Crippen molar-refractivity contribution in [3.8, 4) is 0 Å². The Morgan fingerprint density at radius 2 is 1.41 bits per heavy atom. The van der Waals surface area contributed by atoms with Gasteiger partial charge < -0.3 is 16.0 Å². The highest BCUT2D eigenvalue weighted by atomic mass is 16.2. The first kappa shape index (κ1) is 18.2. The lowest BCUT2D eigenvalue weighted by Gasteiger charge is -2.10. The number of rotatable bonds is 7. The van der Waals surface area contributed by atoms with Crippen molar-refractivity contribution in [3.05, 3.63) is 96.1 Å². The largest absolute Gasteiger partial charge is 0.376 e. The number of carbonyl (C=O) groups is 2. The molecule has 0 saturated heterocycles. The van der Waals surface area contributed by atoms with Gasteiger partial charge in [-0.3, -0.25) is 9.59 Å². The number of nitrogens with one attached hydrogen (secondary N) is 3. The number of para-hydroxylation sites is 1. The molecule has 3 aromatic rings. The van der Waals surface area contributed by atoms with Crippen LogP contribution in [-0.4, -0.2) is 18.4 Å². The molecule has 0 radical (unpaired) electrons. The van der Waals surface area contributed by atoms with Crippen LogP contribution in [0.3, 0.4) is 0 Å². The SMILES string of the molecule is O=C(CNc1ccccc1)Nc1cccc(C(=O)NCc2ccccc2)c1. The maximum absolute atomic E-state index is 12.3. The predicted molar refractivity (Wildman–Crippen MR) is 108 cm³/mol. The van der Waals surface area contributed by atoms with Crippen molar-refractivity contribution in [3.63, 3.8) is 0 Å². The Labute approximate surface area is 158 Å². The van der Waals surface area contributed by atoms with Crippen LogP contribution in [0.2, 0.25) is 0 Å². The third-order valence-electron chi connectivity index (χ3n) is 3.93. The summed E-state index contributed by atoms with van der Waals surface area (Å²) in [7, 11) is 0. The van der Waals surface area contributed by atoms with Gasteiger partial charge in [0.15, 0.2) is 0 Å². The predicted octanol–water partition coefficient (Wildman–Crippen LogP) is 3.67. The molecule has 2 amide bonds. The van der Waals surface area contributed by atoms with Crippen LogP contribution in [0.5, 0.6) is 0 Å². The number of anilines is 2. The van der Waals surface area contributed by atoms with Crippen molar-refractivity contribution in [2.75, 3.05) is 17.2 Å². The maximum atomic E-state index is 12.3. The van der Waals surface area contributed by atoms with Gasteiger partial charge in [-0.05, 0) is 35.9 Å². The molecule has 0 aromatic heterocycles. The first-order valence-electron chi connectivity index (χ1n) is 8.72. The minimum Gasteiger partial charge on any atom is -0.376 e. The van der Waals surface area contributed by atoms with Gasteiger partial charge >= 0.3 is 0 Å². The Hall–Kier alpha value is -3.60. The minimum absolute atomic E-state index is 0.147. The third-order valence-corrected chi connectivity index (χ3v) is 3.93. The molecule has 0 spiro atoms. The maximum Gasteiger partial charge on any atom is 0.251 e. The van der Waals surface area contributed by atoms with E-state index < -0.39 is 0 Å². The summed E-state index contributed by atoms with van der Waals surface area (Å²) in [4.78, 5) is 24.4. The molecular weight excluding hydrogens is 338 g/mol. The zero-order valence-electron chi connectivity index (χ0n) is 14.8. The Morgan fingerprint density at radius 3 is 2.15 bits per heavy atom. The van der Waals surface area contributed by atoms with E-state index in [4.69, 9.17) is 0 Å². The van der Waals surface area contributed by atoms with Crippen molar-refractivity contribution in [1.82, 2.24) is 5.32 Å². The van der Waals surface area contributed by atoms with E-state index in [0.29, 0.717) is 17.8 Å². The second-order valence-corrected chi connectivity index (χ2v) is 6.02. The molecule has 5 heteroatoms. The smallest absolute Gasteiger partial charge is 0.251 e. The molecule has 136 valence electrons. The van der Waals surface area contributed by atoms with Crippen LogP contribution in [0.1, 0.15) is 15.9 Å². The molecule has 0 unspecified atom stereocenters.